The first-order chi connectivity index (χ1) is 9.35. The van der Waals surface area contributed by atoms with Crippen molar-refractivity contribution in [2.45, 2.75) is 31.7 Å². The van der Waals surface area contributed by atoms with Gasteiger partial charge in [0.25, 0.3) is 0 Å². The number of esters is 1. The highest BCUT2D eigenvalue weighted by atomic mass is 35.5. The van der Waals surface area contributed by atoms with E-state index in [-0.39, 0.29) is 17.7 Å². The van der Waals surface area contributed by atoms with Crippen molar-refractivity contribution in [1.29, 1.82) is 0 Å². The molecular formula is C15H18ClNO3. The summed E-state index contributed by atoms with van der Waals surface area (Å²) in [5.74, 6) is -0.490. The Hall–Kier alpha value is -1.55. The molecule has 0 saturated heterocycles. The summed E-state index contributed by atoms with van der Waals surface area (Å²) in [5, 5.41) is 3.41. The summed E-state index contributed by atoms with van der Waals surface area (Å²) in [4.78, 5) is 23.7. The van der Waals surface area contributed by atoms with Crippen LogP contribution in [0.1, 0.15) is 31.7 Å². The Morgan fingerprint density at radius 3 is 2.70 bits per heavy atom. The Labute approximate surface area is 123 Å². The number of carbonyl (C=O) groups is 2. The molecule has 0 bridgehead atoms. The SMILES string of the molecule is COC(=O)C(C)(C)NC(=O)[C@H]1C[C@H]1c1cccc(Cl)c1. The van der Waals surface area contributed by atoms with Gasteiger partial charge < -0.3 is 10.1 Å². The summed E-state index contributed by atoms with van der Waals surface area (Å²) in [7, 11) is 1.31. The summed E-state index contributed by atoms with van der Waals surface area (Å²) in [5.41, 5.74) is 0.0568. The number of nitrogens with one attached hydrogen (secondary N) is 1. The highest BCUT2D eigenvalue weighted by Gasteiger charge is 2.46. The third-order valence-electron chi connectivity index (χ3n) is 3.54. The summed E-state index contributed by atoms with van der Waals surface area (Å²) in [6.45, 7) is 3.26. The van der Waals surface area contributed by atoms with Crippen LogP contribution in [0.2, 0.25) is 5.02 Å². The minimum Gasteiger partial charge on any atom is -0.467 e. The van der Waals surface area contributed by atoms with Crippen molar-refractivity contribution in [2.24, 2.45) is 5.92 Å². The van der Waals surface area contributed by atoms with Crippen LogP contribution in [0.4, 0.5) is 0 Å². The van der Waals surface area contributed by atoms with Crippen molar-refractivity contribution in [3.8, 4) is 0 Å². The number of carbonyl (C=O) groups excluding carboxylic acids is 2. The molecule has 0 radical (unpaired) electrons. The van der Waals surface area contributed by atoms with Gasteiger partial charge in [-0.25, -0.2) is 4.79 Å². The topological polar surface area (TPSA) is 55.4 Å². The molecule has 1 aromatic rings. The van der Waals surface area contributed by atoms with Crippen LogP contribution < -0.4 is 5.32 Å². The van der Waals surface area contributed by atoms with E-state index >= 15 is 0 Å². The van der Waals surface area contributed by atoms with Crippen LogP contribution in [0.15, 0.2) is 24.3 Å². The molecule has 4 nitrogen and oxygen atoms in total. The second-order valence-corrected chi connectivity index (χ2v) is 6.05. The third-order valence-corrected chi connectivity index (χ3v) is 3.77. The van der Waals surface area contributed by atoms with Crippen LogP contribution in [0.5, 0.6) is 0 Å². The molecule has 0 spiro atoms. The molecule has 0 heterocycles. The zero-order valence-electron chi connectivity index (χ0n) is 11.8. The lowest BCUT2D eigenvalue weighted by atomic mass is 10.0. The molecule has 1 saturated carbocycles. The molecule has 0 aliphatic heterocycles. The largest absolute Gasteiger partial charge is 0.467 e. The van der Waals surface area contributed by atoms with E-state index in [0.29, 0.717) is 5.02 Å². The molecule has 2 atom stereocenters. The van der Waals surface area contributed by atoms with Gasteiger partial charge in [-0.3, -0.25) is 4.79 Å². The van der Waals surface area contributed by atoms with Crippen molar-refractivity contribution in [3.05, 3.63) is 34.9 Å². The lowest BCUT2D eigenvalue weighted by molar-refractivity contribution is -0.149. The van der Waals surface area contributed by atoms with Gasteiger partial charge in [-0.1, -0.05) is 23.7 Å². The van der Waals surface area contributed by atoms with E-state index in [2.05, 4.69) is 10.1 Å². The normalized spacial score (nSPS) is 21.2. The fraction of sp³-hybridized carbons (Fsp3) is 0.467. The number of halogens is 1. The van der Waals surface area contributed by atoms with Gasteiger partial charge in [0.1, 0.15) is 5.54 Å². The minimum absolute atomic E-state index is 0.0996. The molecule has 20 heavy (non-hydrogen) atoms. The van der Waals surface area contributed by atoms with Gasteiger partial charge in [0, 0.05) is 10.9 Å². The number of hydrogen-bond acceptors (Lipinski definition) is 3. The van der Waals surface area contributed by atoms with Gasteiger partial charge in [0.05, 0.1) is 7.11 Å². The second-order valence-electron chi connectivity index (χ2n) is 5.61. The Morgan fingerprint density at radius 1 is 1.40 bits per heavy atom. The second kappa shape index (κ2) is 5.44. The lowest BCUT2D eigenvalue weighted by Gasteiger charge is -2.23. The molecule has 1 aromatic carbocycles. The number of hydrogen-bond donors (Lipinski definition) is 1. The van der Waals surface area contributed by atoms with Gasteiger partial charge in [0.2, 0.25) is 5.91 Å². The average molecular weight is 296 g/mol. The summed E-state index contributed by atoms with van der Waals surface area (Å²) in [6.07, 6.45) is 0.781. The van der Waals surface area contributed by atoms with Crippen LogP contribution >= 0.6 is 11.6 Å². The van der Waals surface area contributed by atoms with Crippen LogP contribution in [0, 0.1) is 5.92 Å². The van der Waals surface area contributed by atoms with Crippen LogP contribution in [-0.4, -0.2) is 24.5 Å². The van der Waals surface area contributed by atoms with Gasteiger partial charge in [0.15, 0.2) is 0 Å². The molecule has 2 rings (SSSR count). The molecule has 1 aliphatic rings. The summed E-state index contributed by atoms with van der Waals surface area (Å²) >= 11 is 5.95. The number of benzene rings is 1. The van der Waals surface area contributed by atoms with E-state index < -0.39 is 11.5 Å². The molecule has 1 N–H and O–H groups in total. The zero-order chi connectivity index (χ0) is 14.9. The van der Waals surface area contributed by atoms with E-state index in [4.69, 9.17) is 11.6 Å². The monoisotopic (exact) mass is 295 g/mol. The molecule has 1 amide bonds. The van der Waals surface area contributed by atoms with Gasteiger partial charge in [-0.15, -0.1) is 0 Å². The Kier molecular flexibility index (Phi) is 4.04. The maximum absolute atomic E-state index is 12.2. The Balaban J connectivity index is 1.98. The Bertz CT molecular complexity index is 542. The standard InChI is InChI=1S/C15H18ClNO3/c1-15(2,14(19)20-3)17-13(18)12-8-11(12)9-5-4-6-10(16)7-9/h4-7,11-12H,8H2,1-3H3,(H,17,18)/t11-,12-/m0/s1. The number of amides is 1. The third kappa shape index (κ3) is 3.12. The lowest BCUT2D eigenvalue weighted by Crippen LogP contribution is -2.51. The maximum atomic E-state index is 12.2. The zero-order valence-corrected chi connectivity index (χ0v) is 12.5. The van der Waals surface area contributed by atoms with Crippen LogP contribution in [0.3, 0.4) is 0 Å². The highest BCUT2D eigenvalue weighted by Crippen LogP contribution is 2.48. The van der Waals surface area contributed by atoms with Gasteiger partial charge in [-0.05, 0) is 43.9 Å². The molecule has 108 valence electrons. The molecule has 5 heteroatoms. The molecule has 1 aliphatic carbocycles. The van der Waals surface area contributed by atoms with Gasteiger partial charge in [-0.2, -0.15) is 0 Å². The Morgan fingerprint density at radius 2 is 2.10 bits per heavy atom. The van der Waals surface area contributed by atoms with Crippen molar-refractivity contribution in [3.63, 3.8) is 0 Å². The first-order valence-electron chi connectivity index (χ1n) is 6.51. The highest BCUT2D eigenvalue weighted by molar-refractivity contribution is 6.30. The van der Waals surface area contributed by atoms with Crippen LogP contribution in [0.25, 0.3) is 0 Å². The van der Waals surface area contributed by atoms with Crippen molar-refractivity contribution >= 4 is 23.5 Å². The summed E-state index contributed by atoms with van der Waals surface area (Å²) < 4.78 is 4.67. The summed E-state index contributed by atoms with van der Waals surface area (Å²) in [6, 6.07) is 7.53. The molecule has 1 fully saturated rings. The van der Waals surface area contributed by atoms with E-state index in [1.807, 2.05) is 24.3 Å². The van der Waals surface area contributed by atoms with Crippen molar-refractivity contribution in [1.82, 2.24) is 5.32 Å². The first kappa shape index (κ1) is 14.9. The number of methoxy groups -OCH3 is 1. The number of ether oxygens (including phenoxy) is 1. The van der Waals surface area contributed by atoms with Crippen molar-refractivity contribution in [2.75, 3.05) is 7.11 Å². The average Bonchev–Trinajstić information content (AvgIpc) is 3.17. The quantitative estimate of drug-likeness (QED) is 0.868. The first-order valence-corrected chi connectivity index (χ1v) is 6.89. The number of rotatable bonds is 4. The van der Waals surface area contributed by atoms with Gasteiger partial charge >= 0.3 is 5.97 Å². The smallest absolute Gasteiger partial charge is 0.330 e. The predicted octanol–water partition coefficient (Wildman–Crippen LogP) is 2.51. The molecule has 0 aromatic heterocycles. The van der Waals surface area contributed by atoms with Crippen molar-refractivity contribution < 1.29 is 14.3 Å². The molecule has 0 unspecified atom stereocenters. The fourth-order valence-corrected chi connectivity index (χ4v) is 2.50. The maximum Gasteiger partial charge on any atom is 0.330 e. The van der Waals surface area contributed by atoms with E-state index in [1.54, 1.807) is 13.8 Å². The van der Waals surface area contributed by atoms with Crippen LogP contribution in [-0.2, 0) is 14.3 Å². The fourth-order valence-electron chi connectivity index (χ4n) is 2.30. The molecular weight excluding hydrogens is 278 g/mol. The van der Waals surface area contributed by atoms with E-state index in [1.165, 1.54) is 7.11 Å². The predicted molar refractivity (Wildman–Crippen MR) is 76.5 cm³/mol. The van der Waals surface area contributed by atoms with E-state index in [9.17, 15) is 9.59 Å². The minimum atomic E-state index is -1.01. The van der Waals surface area contributed by atoms with E-state index in [0.717, 1.165) is 12.0 Å².